The van der Waals surface area contributed by atoms with E-state index < -0.39 is 0 Å². The van der Waals surface area contributed by atoms with Gasteiger partial charge in [0.15, 0.2) is 0 Å². The van der Waals surface area contributed by atoms with Crippen molar-refractivity contribution in [3.8, 4) is 0 Å². The Bertz CT molecular complexity index is 313. The standard InChI is InChI=1S/C10H14ClN3O/c1-2-12-6-5-10(15)14-8-3-4-9(11)13-7-8/h3-4,7,12H,2,5-6H2,1H3,(H,14,15). The summed E-state index contributed by atoms with van der Waals surface area (Å²) >= 11 is 5.62. The molecule has 1 rings (SSSR count). The van der Waals surface area contributed by atoms with Gasteiger partial charge in [0.2, 0.25) is 5.91 Å². The molecule has 2 N–H and O–H groups in total. The molecule has 0 spiro atoms. The first kappa shape index (κ1) is 11.9. The molecule has 1 aromatic rings. The summed E-state index contributed by atoms with van der Waals surface area (Å²) in [6.07, 6.45) is 1.99. The fraction of sp³-hybridized carbons (Fsp3) is 0.400. The van der Waals surface area contributed by atoms with Gasteiger partial charge in [-0.25, -0.2) is 4.98 Å². The molecule has 0 bridgehead atoms. The third kappa shape index (κ3) is 4.76. The first-order chi connectivity index (χ1) is 7.22. The lowest BCUT2D eigenvalue weighted by Gasteiger charge is -2.04. The van der Waals surface area contributed by atoms with Gasteiger partial charge in [-0.05, 0) is 18.7 Å². The van der Waals surface area contributed by atoms with Gasteiger partial charge in [-0.3, -0.25) is 4.79 Å². The van der Waals surface area contributed by atoms with Crippen molar-refractivity contribution in [2.24, 2.45) is 0 Å². The zero-order chi connectivity index (χ0) is 11.1. The van der Waals surface area contributed by atoms with Crippen LogP contribution in [-0.4, -0.2) is 24.0 Å². The minimum absolute atomic E-state index is 0.0277. The summed E-state index contributed by atoms with van der Waals surface area (Å²) in [5, 5.41) is 6.22. The third-order valence-electron chi connectivity index (χ3n) is 1.79. The van der Waals surface area contributed by atoms with E-state index in [9.17, 15) is 4.79 Å². The van der Waals surface area contributed by atoms with Crippen LogP contribution in [0.5, 0.6) is 0 Å². The lowest BCUT2D eigenvalue weighted by Crippen LogP contribution is -2.21. The summed E-state index contributed by atoms with van der Waals surface area (Å²) in [6.45, 7) is 3.56. The molecule has 1 heterocycles. The highest BCUT2D eigenvalue weighted by Crippen LogP contribution is 2.09. The maximum atomic E-state index is 11.4. The Balaban J connectivity index is 2.34. The van der Waals surface area contributed by atoms with Crippen LogP contribution >= 0.6 is 11.6 Å². The summed E-state index contributed by atoms with van der Waals surface area (Å²) < 4.78 is 0. The van der Waals surface area contributed by atoms with Crippen molar-refractivity contribution in [3.05, 3.63) is 23.5 Å². The minimum atomic E-state index is -0.0277. The van der Waals surface area contributed by atoms with E-state index in [1.54, 1.807) is 12.1 Å². The Morgan fingerprint density at radius 1 is 1.53 bits per heavy atom. The highest BCUT2D eigenvalue weighted by atomic mass is 35.5. The predicted molar refractivity (Wildman–Crippen MR) is 61.0 cm³/mol. The average Bonchev–Trinajstić information content (AvgIpc) is 2.22. The Kier molecular flexibility index (Phi) is 5.07. The van der Waals surface area contributed by atoms with Crippen LogP contribution in [0.4, 0.5) is 5.69 Å². The topological polar surface area (TPSA) is 54.0 Å². The van der Waals surface area contributed by atoms with Crippen LogP contribution in [0, 0.1) is 0 Å². The fourth-order valence-electron chi connectivity index (χ4n) is 1.05. The number of anilines is 1. The number of carbonyl (C=O) groups excluding carboxylic acids is 1. The lowest BCUT2D eigenvalue weighted by atomic mass is 10.3. The number of nitrogens with zero attached hydrogens (tertiary/aromatic N) is 1. The Morgan fingerprint density at radius 2 is 2.33 bits per heavy atom. The molecule has 0 saturated carbocycles. The van der Waals surface area contributed by atoms with Gasteiger partial charge >= 0.3 is 0 Å². The van der Waals surface area contributed by atoms with E-state index in [0.717, 1.165) is 6.54 Å². The van der Waals surface area contributed by atoms with Crippen molar-refractivity contribution in [2.45, 2.75) is 13.3 Å². The molecule has 0 unspecified atom stereocenters. The maximum Gasteiger partial charge on any atom is 0.225 e. The number of hydrogen-bond donors (Lipinski definition) is 2. The molecule has 0 saturated heterocycles. The number of amides is 1. The molecule has 0 aliphatic carbocycles. The van der Waals surface area contributed by atoms with Crippen molar-refractivity contribution in [1.29, 1.82) is 0 Å². The van der Waals surface area contributed by atoms with E-state index in [1.165, 1.54) is 6.20 Å². The monoisotopic (exact) mass is 227 g/mol. The highest BCUT2D eigenvalue weighted by Gasteiger charge is 2.01. The predicted octanol–water partition coefficient (Wildman–Crippen LogP) is 1.67. The van der Waals surface area contributed by atoms with E-state index in [0.29, 0.717) is 23.8 Å². The molecule has 4 nitrogen and oxygen atoms in total. The van der Waals surface area contributed by atoms with Gasteiger partial charge < -0.3 is 10.6 Å². The van der Waals surface area contributed by atoms with E-state index >= 15 is 0 Å². The SMILES string of the molecule is CCNCCC(=O)Nc1ccc(Cl)nc1. The summed E-state index contributed by atoms with van der Waals surface area (Å²) in [5.74, 6) is -0.0277. The minimum Gasteiger partial charge on any atom is -0.325 e. The molecule has 5 heteroatoms. The van der Waals surface area contributed by atoms with Crippen molar-refractivity contribution >= 4 is 23.2 Å². The first-order valence-corrected chi connectivity index (χ1v) is 5.22. The molecule has 0 aliphatic heterocycles. The molecule has 82 valence electrons. The fourth-order valence-corrected chi connectivity index (χ4v) is 1.16. The number of halogens is 1. The van der Waals surface area contributed by atoms with Crippen LogP contribution in [0.3, 0.4) is 0 Å². The maximum absolute atomic E-state index is 11.4. The van der Waals surface area contributed by atoms with E-state index in [4.69, 9.17) is 11.6 Å². The summed E-state index contributed by atoms with van der Waals surface area (Å²) in [5.41, 5.74) is 0.667. The van der Waals surface area contributed by atoms with E-state index in [-0.39, 0.29) is 5.91 Å². The number of aromatic nitrogens is 1. The van der Waals surface area contributed by atoms with Crippen LogP contribution in [-0.2, 0) is 4.79 Å². The lowest BCUT2D eigenvalue weighted by molar-refractivity contribution is -0.116. The molecule has 1 amide bonds. The number of carbonyl (C=O) groups is 1. The average molecular weight is 228 g/mol. The Hall–Kier alpha value is -1.13. The summed E-state index contributed by atoms with van der Waals surface area (Å²) in [6, 6.07) is 3.36. The van der Waals surface area contributed by atoms with Crippen molar-refractivity contribution < 1.29 is 4.79 Å². The van der Waals surface area contributed by atoms with Gasteiger partial charge in [0.1, 0.15) is 5.15 Å². The van der Waals surface area contributed by atoms with E-state index in [1.807, 2.05) is 6.92 Å². The smallest absolute Gasteiger partial charge is 0.225 e. The van der Waals surface area contributed by atoms with Gasteiger partial charge in [-0.2, -0.15) is 0 Å². The van der Waals surface area contributed by atoms with Crippen molar-refractivity contribution in [1.82, 2.24) is 10.3 Å². The number of rotatable bonds is 5. The van der Waals surface area contributed by atoms with E-state index in [2.05, 4.69) is 15.6 Å². The molecule has 0 aliphatic rings. The molecule has 0 atom stereocenters. The summed E-state index contributed by atoms with van der Waals surface area (Å²) in [7, 11) is 0. The molecular weight excluding hydrogens is 214 g/mol. The molecule has 1 aromatic heterocycles. The zero-order valence-electron chi connectivity index (χ0n) is 8.59. The number of nitrogens with one attached hydrogen (secondary N) is 2. The second-order valence-electron chi connectivity index (χ2n) is 3.02. The Labute approximate surface area is 94.0 Å². The largest absolute Gasteiger partial charge is 0.325 e. The molecule has 0 aromatic carbocycles. The third-order valence-corrected chi connectivity index (χ3v) is 2.01. The van der Waals surface area contributed by atoms with Gasteiger partial charge in [0, 0.05) is 13.0 Å². The normalized spacial score (nSPS) is 10.0. The quantitative estimate of drug-likeness (QED) is 0.595. The number of hydrogen-bond acceptors (Lipinski definition) is 3. The van der Waals surface area contributed by atoms with Crippen LogP contribution in [0.15, 0.2) is 18.3 Å². The second kappa shape index (κ2) is 6.37. The van der Waals surface area contributed by atoms with Crippen LogP contribution in [0.25, 0.3) is 0 Å². The van der Waals surface area contributed by atoms with Gasteiger partial charge in [0.25, 0.3) is 0 Å². The Morgan fingerprint density at radius 3 is 2.93 bits per heavy atom. The second-order valence-corrected chi connectivity index (χ2v) is 3.41. The van der Waals surface area contributed by atoms with Gasteiger partial charge in [0.05, 0.1) is 11.9 Å². The van der Waals surface area contributed by atoms with Crippen LogP contribution in [0.2, 0.25) is 5.15 Å². The molecule has 0 fully saturated rings. The molecule has 0 radical (unpaired) electrons. The molecular formula is C10H14ClN3O. The van der Waals surface area contributed by atoms with Crippen LogP contribution in [0.1, 0.15) is 13.3 Å². The van der Waals surface area contributed by atoms with Gasteiger partial charge in [-0.1, -0.05) is 18.5 Å². The number of pyridine rings is 1. The highest BCUT2D eigenvalue weighted by molar-refractivity contribution is 6.29. The zero-order valence-corrected chi connectivity index (χ0v) is 9.34. The van der Waals surface area contributed by atoms with Crippen LogP contribution < -0.4 is 10.6 Å². The van der Waals surface area contributed by atoms with Gasteiger partial charge in [-0.15, -0.1) is 0 Å². The summed E-state index contributed by atoms with van der Waals surface area (Å²) in [4.78, 5) is 15.2. The first-order valence-electron chi connectivity index (χ1n) is 4.84. The van der Waals surface area contributed by atoms with Crippen molar-refractivity contribution in [2.75, 3.05) is 18.4 Å². The molecule has 15 heavy (non-hydrogen) atoms. The van der Waals surface area contributed by atoms with Crippen molar-refractivity contribution in [3.63, 3.8) is 0 Å².